The average molecular weight is 272 g/mol. The number of nitrogens with one attached hydrogen (secondary N) is 1. The summed E-state index contributed by atoms with van der Waals surface area (Å²) in [5, 5.41) is 3.29. The molecule has 0 spiro atoms. The lowest BCUT2D eigenvalue weighted by molar-refractivity contribution is 0.108. The molecule has 5 heteroatoms. The molecular formula is C12H14ClNO2S. The van der Waals surface area contributed by atoms with Crippen molar-refractivity contribution >= 4 is 22.9 Å². The standard InChI is InChI=1S/C12H14ClNO2S/c13-12-4-3-11(17-12)8-14-5-7-15-9-10-2-1-6-16-10/h1-4,6,14H,5,7-9H2. The van der Waals surface area contributed by atoms with Crippen molar-refractivity contribution in [3.05, 3.63) is 45.5 Å². The Morgan fingerprint density at radius 2 is 2.29 bits per heavy atom. The lowest BCUT2D eigenvalue weighted by Gasteiger charge is -2.03. The maximum atomic E-state index is 5.84. The molecule has 0 atom stereocenters. The summed E-state index contributed by atoms with van der Waals surface area (Å²) in [5.74, 6) is 0.857. The monoisotopic (exact) mass is 271 g/mol. The zero-order chi connectivity index (χ0) is 11.9. The third kappa shape index (κ3) is 4.52. The van der Waals surface area contributed by atoms with Crippen LogP contribution >= 0.6 is 22.9 Å². The zero-order valence-electron chi connectivity index (χ0n) is 9.32. The lowest BCUT2D eigenvalue weighted by atomic mass is 10.4. The number of halogens is 1. The van der Waals surface area contributed by atoms with Gasteiger partial charge in [-0.25, -0.2) is 0 Å². The molecular weight excluding hydrogens is 258 g/mol. The van der Waals surface area contributed by atoms with Gasteiger partial charge in [-0.15, -0.1) is 11.3 Å². The van der Waals surface area contributed by atoms with Crippen LogP contribution < -0.4 is 5.32 Å². The first-order chi connectivity index (χ1) is 8.34. The Kier molecular flexibility index (Phi) is 5.07. The predicted octanol–water partition coefficient (Wildman–Crippen LogP) is 3.30. The second-order valence-electron chi connectivity index (χ2n) is 3.51. The van der Waals surface area contributed by atoms with Crippen LogP contribution in [0.3, 0.4) is 0 Å². The van der Waals surface area contributed by atoms with Gasteiger partial charge in [0.05, 0.1) is 17.2 Å². The molecule has 2 aromatic heterocycles. The topological polar surface area (TPSA) is 34.4 Å². The van der Waals surface area contributed by atoms with Crippen molar-refractivity contribution in [1.29, 1.82) is 0 Å². The summed E-state index contributed by atoms with van der Waals surface area (Å²) in [6.07, 6.45) is 1.65. The Balaban J connectivity index is 1.52. The maximum absolute atomic E-state index is 5.84. The van der Waals surface area contributed by atoms with Gasteiger partial charge in [0.15, 0.2) is 0 Å². The van der Waals surface area contributed by atoms with Crippen molar-refractivity contribution < 1.29 is 9.15 Å². The van der Waals surface area contributed by atoms with Crippen molar-refractivity contribution in [3.8, 4) is 0 Å². The Morgan fingerprint density at radius 1 is 1.35 bits per heavy atom. The molecule has 0 amide bonds. The molecule has 0 aliphatic carbocycles. The van der Waals surface area contributed by atoms with Gasteiger partial charge in [0, 0.05) is 18.0 Å². The molecule has 2 rings (SSSR count). The Morgan fingerprint density at radius 3 is 3.00 bits per heavy atom. The first-order valence-corrected chi connectivity index (χ1v) is 6.59. The summed E-state index contributed by atoms with van der Waals surface area (Å²) in [6.45, 7) is 2.84. The minimum Gasteiger partial charge on any atom is -0.467 e. The molecule has 0 fully saturated rings. The molecule has 2 heterocycles. The summed E-state index contributed by atoms with van der Waals surface area (Å²) >= 11 is 7.43. The third-order valence-electron chi connectivity index (χ3n) is 2.18. The van der Waals surface area contributed by atoms with Gasteiger partial charge >= 0.3 is 0 Å². The highest BCUT2D eigenvalue weighted by atomic mass is 35.5. The van der Waals surface area contributed by atoms with Gasteiger partial charge in [-0.2, -0.15) is 0 Å². The average Bonchev–Trinajstić information content (AvgIpc) is 2.95. The van der Waals surface area contributed by atoms with Crippen molar-refractivity contribution in [3.63, 3.8) is 0 Å². The summed E-state index contributed by atoms with van der Waals surface area (Å²) in [7, 11) is 0. The van der Waals surface area contributed by atoms with E-state index in [0.717, 1.165) is 23.2 Å². The van der Waals surface area contributed by atoms with E-state index < -0.39 is 0 Å². The zero-order valence-corrected chi connectivity index (χ0v) is 10.9. The number of furan rings is 1. The van der Waals surface area contributed by atoms with Gasteiger partial charge in [0.1, 0.15) is 12.4 Å². The van der Waals surface area contributed by atoms with Gasteiger partial charge in [-0.3, -0.25) is 0 Å². The fourth-order valence-corrected chi connectivity index (χ4v) is 2.43. The van der Waals surface area contributed by atoms with Gasteiger partial charge in [-0.05, 0) is 24.3 Å². The Bertz CT molecular complexity index is 427. The second kappa shape index (κ2) is 6.81. The van der Waals surface area contributed by atoms with E-state index in [1.54, 1.807) is 17.6 Å². The molecule has 0 saturated heterocycles. The van der Waals surface area contributed by atoms with Crippen LogP contribution in [0, 0.1) is 0 Å². The van der Waals surface area contributed by atoms with E-state index in [0.29, 0.717) is 13.2 Å². The van der Waals surface area contributed by atoms with E-state index in [-0.39, 0.29) is 0 Å². The molecule has 1 N–H and O–H groups in total. The quantitative estimate of drug-likeness (QED) is 0.785. The third-order valence-corrected chi connectivity index (χ3v) is 3.41. The van der Waals surface area contributed by atoms with Crippen LogP contribution in [0.1, 0.15) is 10.6 Å². The van der Waals surface area contributed by atoms with Gasteiger partial charge in [-0.1, -0.05) is 11.6 Å². The van der Waals surface area contributed by atoms with E-state index in [2.05, 4.69) is 5.32 Å². The molecule has 0 aliphatic heterocycles. The molecule has 3 nitrogen and oxygen atoms in total. The maximum Gasteiger partial charge on any atom is 0.129 e. The number of thiophene rings is 1. The first-order valence-electron chi connectivity index (χ1n) is 5.39. The molecule has 0 unspecified atom stereocenters. The van der Waals surface area contributed by atoms with Crippen LogP contribution in [0.25, 0.3) is 0 Å². The fraction of sp³-hybridized carbons (Fsp3) is 0.333. The Labute approximate surface area is 109 Å². The molecule has 92 valence electrons. The van der Waals surface area contributed by atoms with Crippen LogP contribution in [-0.2, 0) is 17.9 Å². The van der Waals surface area contributed by atoms with Gasteiger partial charge in [0.2, 0.25) is 0 Å². The molecule has 2 aromatic rings. The van der Waals surface area contributed by atoms with E-state index in [1.807, 2.05) is 24.3 Å². The number of hydrogen-bond donors (Lipinski definition) is 1. The summed E-state index contributed by atoms with van der Waals surface area (Å²) in [4.78, 5) is 1.24. The highest BCUT2D eigenvalue weighted by molar-refractivity contribution is 7.16. The number of hydrogen-bond acceptors (Lipinski definition) is 4. The normalized spacial score (nSPS) is 10.9. The first kappa shape index (κ1) is 12.6. The van der Waals surface area contributed by atoms with Crippen molar-refractivity contribution in [2.24, 2.45) is 0 Å². The highest BCUT2D eigenvalue weighted by Crippen LogP contribution is 2.20. The SMILES string of the molecule is Clc1ccc(CNCCOCc2ccco2)s1. The fourth-order valence-electron chi connectivity index (χ4n) is 1.37. The number of rotatable bonds is 7. The van der Waals surface area contributed by atoms with Crippen molar-refractivity contribution in [1.82, 2.24) is 5.32 Å². The minimum atomic E-state index is 0.527. The van der Waals surface area contributed by atoms with Crippen LogP contribution in [-0.4, -0.2) is 13.2 Å². The van der Waals surface area contributed by atoms with Crippen LogP contribution in [0.2, 0.25) is 4.34 Å². The summed E-state index contributed by atoms with van der Waals surface area (Å²) in [5.41, 5.74) is 0. The number of ether oxygens (including phenoxy) is 1. The molecule has 0 aromatic carbocycles. The van der Waals surface area contributed by atoms with Crippen molar-refractivity contribution in [2.75, 3.05) is 13.2 Å². The lowest BCUT2D eigenvalue weighted by Crippen LogP contribution is -2.18. The van der Waals surface area contributed by atoms with Gasteiger partial charge < -0.3 is 14.5 Å². The summed E-state index contributed by atoms with van der Waals surface area (Å²) in [6, 6.07) is 7.71. The predicted molar refractivity (Wildman–Crippen MR) is 69.4 cm³/mol. The smallest absolute Gasteiger partial charge is 0.129 e. The van der Waals surface area contributed by atoms with Crippen LogP contribution in [0.15, 0.2) is 34.9 Å². The van der Waals surface area contributed by atoms with Crippen LogP contribution in [0.4, 0.5) is 0 Å². The van der Waals surface area contributed by atoms with E-state index >= 15 is 0 Å². The van der Waals surface area contributed by atoms with Crippen LogP contribution in [0.5, 0.6) is 0 Å². The highest BCUT2D eigenvalue weighted by Gasteiger charge is 1.98. The molecule has 17 heavy (non-hydrogen) atoms. The second-order valence-corrected chi connectivity index (χ2v) is 5.31. The largest absolute Gasteiger partial charge is 0.467 e. The van der Waals surface area contributed by atoms with E-state index in [9.17, 15) is 0 Å². The molecule has 0 aliphatic rings. The van der Waals surface area contributed by atoms with E-state index in [4.69, 9.17) is 20.8 Å². The molecule has 0 radical (unpaired) electrons. The summed E-state index contributed by atoms with van der Waals surface area (Å²) < 4.78 is 11.4. The molecule has 0 bridgehead atoms. The van der Waals surface area contributed by atoms with Crippen molar-refractivity contribution in [2.45, 2.75) is 13.2 Å². The van der Waals surface area contributed by atoms with Gasteiger partial charge in [0.25, 0.3) is 0 Å². The van der Waals surface area contributed by atoms with E-state index in [1.165, 1.54) is 4.88 Å². The molecule has 0 saturated carbocycles. The Hall–Kier alpha value is -0.810. The minimum absolute atomic E-state index is 0.527.